The summed E-state index contributed by atoms with van der Waals surface area (Å²) < 4.78 is 0. The highest BCUT2D eigenvalue weighted by Crippen LogP contribution is 2.29. The van der Waals surface area contributed by atoms with Crippen molar-refractivity contribution in [3.05, 3.63) is 35.9 Å². The van der Waals surface area contributed by atoms with Crippen molar-refractivity contribution >= 4 is 11.7 Å². The Kier molecular flexibility index (Phi) is 3.60. The molecule has 1 aromatic carbocycles. The quantitative estimate of drug-likeness (QED) is 0.832. The number of benzene rings is 1. The molecule has 19 heavy (non-hydrogen) atoms. The lowest BCUT2D eigenvalue weighted by atomic mass is 10.2. The van der Waals surface area contributed by atoms with Crippen molar-refractivity contribution in [1.82, 2.24) is 5.06 Å². The minimum absolute atomic E-state index is 0.288. The number of nitrogens with zero attached hydrogens (tertiary/aromatic N) is 2. The zero-order valence-electron chi connectivity index (χ0n) is 10.9. The summed E-state index contributed by atoms with van der Waals surface area (Å²) >= 11 is 0. The maximum absolute atomic E-state index is 11.9. The number of carbonyl (C=O) groups is 1. The van der Waals surface area contributed by atoms with Crippen molar-refractivity contribution in [3.8, 4) is 0 Å². The van der Waals surface area contributed by atoms with Crippen LogP contribution in [0.1, 0.15) is 29.6 Å². The minimum atomic E-state index is -0.288. The normalized spacial score (nSPS) is 21.8. The lowest BCUT2D eigenvalue weighted by Gasteiger charge is -2.13. The average Bonchev–Trinajstić information content (AvgIpc) is 3.17. The van der Waals surface area contributed by atoms with Gasteiger partial charge in [-0.3, -0.25) is 4.99 Å². The van der Waals surface area contributed by atoms with E-state index in [2.05, 4.69) is 4.99 Å². The minimum Gasteiger partial charge on any atom is -0.363 e. The first-order valence-electron chi connectivity index (χ1n) is 6.86. The van der Waals surface area contributed by atoms with Crippen LogP contribution in [0.5, 0.6) is 0 Å². The fraction of sp³-hybridized carbons (Fsp3) is 0.467. The van der Waals surface area contributed by atoms with Gasteiger partial charge in [-0.1, -0.05) is 18.2 Å². The van der Waals surface area contributed by atoms with Gasteiger partial charge in [-0.15, -0.1) is 5.06 Å². The number of aliphatic imine (C=N–C) groups is 1. The molecule has 1 aromatic rings. The first-order valence-corrected chi connectivity index (χ1v) is 6.86. The molecular weight excluding hydrogens is 240 g/mol. The molecule has 0 bridgehead atoms. The molecule has 4 heteroatoms. The fourth-order valence-corrected chi connectivity index (χ4v) is 2.13. The van der Waals surface area contributed by atoms with E-state index in [1.54, 1.807) is 17.2 Å². The third-order valence-electron chi connectivity index (χ3n) is 3.50. The van der Waals surface area contributed by atoms with E-state index in [0.717, 1.165) is 31.1 Å². The Bertz CT molecular complexity index is 480. The predicted molar refractivity (Wildman–Crippen MR) is 73.1 cm³/mol. The Balaban J connectivity index is 1.51. The van der Waals surface area contributed by atoms with Crippen molar-refractivity contribution < 1.29 is 9.63 Å². The fourth-order valence-electron chi connectivity index (χ4n) is 2.13. The van der Waals surface area contributed by atoms with Gasteiger partial charge in [-0.2, -0.15) is 0 Å². The summed E-state index contributed by atoms with van der Waals surface area (Å²) in [5.41, 5.74) is 1.75. The molecule has 2 fully saturated rings. The Morgan fingerprint density at radius 1 is 1.32 bits per heavy atom. The molecule has 0 aromatic heterocycles. The highest BCUT2D eigenvalue weighted by molar-refractivity contribution is 5.90. The largest absolute Gasteiger partial charge is 0.363 e. The van der Waals surface area contributed by atoms with E-state index in [0.29, 0.717) is 12.1 Å². The van der Waals surface area contributed by atoms with E-state index in [-0.39, 0.29) is 5.97 Å². The third kappa shape index (κ3) is 3.41. The summed E-state index contributed by atoms with van der Waals surface area (Å²) in [7, 11) is 0. The van der Waals surface area contributed by atoms with Crippen molar-refractivity contribution in [2.45, 2.75) is 19.3 Å². The molecule has 0 radical (unpaired) electrons. The van der Waals surface area contributed by atoms with Gasteiger partial charge in [0.1, 0.15) is 0 Å². The van der Waals surface area contributed by atoms with Gasteiger partial charge in [0.2, 0.25) is 0 Å². The summed E-state index contributed by atoms with van der Waals surface area (Å²) in [6.07, 6.45) is 3.56. The lowest BCUT2D eigenvalue weighted by Crippen LogP contribution is -2.25. The molecule has 2 aliphatic rings. The summed E-state index contributed by atoms with van der Waals surface area (Å²) in [5.74, 6) is 0.525. The number of carbonyl (C=O) groups excluding carboxylic acids is 1. The van der Waals surface area contributed by atoms with Crippen LogP contribution in [-0.2, 0) is 4.84 Å². The van der Waals surface area contributed by atoms with E-state index in [1.165, 1.54) is 12.8 Å². The average molecular weight is 258 g/mol. The van der Waals surface area contributed by atoms with Crippen LogP contribution in [-0.4, -0.2) is 36.4 Å². The highest BCUT2D eigenvalue weighted by atomic mass is 16.7. The molecule has 0 spiro atoms. The number of hydrogen-bond donors (Lipinski definition) is 0. The Morgan fingerprint density at radius 2 is 2.11 bits per heavy atom. The molecule has 0 unspecified atom stereocenters. The maximum atomic E-state index is 11.9. The number of hydrogen-bond acceptors (Lipinski definition) is 4. The molecule has 1 aliphatic carbocycles. The van der Waals surface area contributed by atoms with E-state index >= 15 is 0 Å². The van der Waals surface area contributed by atoms with Gasteiger partial charge in [-0.25, -0.2) is 4.79 Å². The highest BCUT2D eigenvalue weighted by Gasteiger charge is 2.24. The Morgan fingerprint density at radius 3 is 2.84 bits per heavy atom. The van der Waals surface area contributed by atoms with Crippen LogP contribution < -0.4 is 0 Å². The van der Waals surface area contributed by atoms with Crippen LogP contribution in [0.15, 0.2) is 35.3 Å². The summed E-state index contributed by atoms with van der Waals surface area (Å²) in [4.78, 5) is 21.8. The molecule has 0 N–H and O–H groups in total. The zero-order valence-corrected chi connectivity index (χ0v) is 10.9. The molecule has 1 saturated carbocycles. The van der Waals surface area contributed by atoms with Crippen molar-refractivity contribution in [2.24, 2.45) is 10.9 Å². The number of rotatable bonds is 4. The molecule has 4 nitrogen and oxygen atoms in total. The summed E-state index contributed by atoms with van der Waals surface area (Å²) in [6.45, 7) is 2.36. The van der Waals surface area contributed by atoms with Gasteiger partial charge in [-0.05, 0) is 30.9 Å². The van der Waals surface area contributed by atoms with Gasteiger partial charge >= 0.3 is 5.97 Å². The first-order chi connectivity index (χ1) is 9.31. The monoisotopic (exact) mass is 258 g/mol. The number of hydroxylamine groups is 2. The summed E-state index contributed by atoms with van der Waals surface area (Å²) in [5, 5.41) is 1.71. The second kappa shape index (κ2) is 5.53. The molecular formula is C15H18N2O2. The van der Waals surface area contributed by atoms with Gasteiger partial charge in [0, 0.05) is 25.2 Å². The topological polar surface area (TPSA) is 41.9 Å². The molecule has 1 saturated heterocycles. The van der Waals surface area contributed by atoms with Crippen LogP contribution in [0, 0.1) is 5.92 Å². The van der Waals surface area contributed by atoms with E-state index in [4.69, 9.17) is 4.84 Å². The van der Waals surface area contributed by atoms with Gasteiger partial charge < -0.3 is 4.84 Å². The molecule has 3 rings (SSSR count). The van der Waals surface area contributed by atoms with Crippen molar-refractivity contribution in [1.29, 1.82) is 0 Å². The third-order valence-corrected chi connectivity index (χ3v) is 3.50. The Labute approximate surface area is 113 Å². The standard InChI is InChI=1S/C15H18N2O2/c18-15(13-4-2-1-3-5-13)19-17-9-8-14(11-17)16-10-12-6-7-12/h1-5,12H,6-11H2. The van der Waals surface area contributed by atoms with Crippen LogP contribution in [0.4, 0.5) is 0 Å². The van der Waals surface area contributed by atoms with Gasteiger partial charge in [0.25, 0.3) is 0 Å². The maximum Gasteiger partial charge on any atom is 0.357 e. The lowest BCUT2D eigenvalue weighted by molar-refractivity contribution is -0.0893. The van der Waals surface area contributed by atoms with Crippen LogP contribution in [0.2, 0.25) is 0 Å². The second-order valence-corrected chi connectivity index (χ2v) is 5.21. The zero-order chi connectivity index (χ0) is 13.1. The van der Waals surface area contributed by atoms with E-state index in [1.807, 2.05) is 18.2 Å². The van der Waals surface area contributed by atoms with E-state index in [9.17, 15) is 4.79 Å². The SMILES string of the molecule is O=C(ON1CCC(=NCC2CC2)C1)c1ccccc1. The second-order valence-electron chi connectivity index (χ2n) is 5.21. The van der Waals surface area contributed by atoms with Crippen LogP contribution in [0.3, 0.4) is 0 Å². The van der Waals surface area contributed by atoms with Crippen molar-refractivity contribution in [3.63, 3.8) is 0 Å². The summed E-state index contributed by atoms with van der Waals surface area (Å²) in [6, 6.07) is 9.09. The van der Waals surface area contributed by atoms with Gasteiger partial charge in [0.15, 0.2) is 0 Å². The molecule has 100 valence electrons. The van der Waals surface area contributed by atoms with Crippen LogP contribution >= 0.6 is 0 Å². The molecule has 1 heterocycles. The Hall–Kier alpha value is -1.68. The molecule has 0 atom stereocenters. The first kappa shape index (κ1) is 12.4. The van der Waals surface area contributed by atoms with Crippen LogP contribution in [0.25, 0.3) is 0 Å². The molecule has 0 amide bonds. The van der Waals surface area contributed by atoms with Gasteiger partial charge in [0.05, 0.1) is 12.1 Å². The van der Waals surface area contributed by atoms with Crippen molar-refractivity contribution in [2.75, 3.05) is 19.6 Å². The molecule has 1 aliphatic heterocycles. The smallest absolute Gasteiger partial charge is 0.357 e. The van der Waals surface area contributed by atoms with E-state index < -0.39 is 0 Å². The predicted octanol–water partition coefficient (Wildman–Crippen LogP) is 2.32.